The Kier molecular flexibility index (Phi) is 3.60. The van der Waals surface area contributed by atoms with Gasteiger partial charge in [0, 0.05) is 11.1 Å². The highest BCUT2D eigenvalue weighted by molar-refractivity contribution is 5.75. The topological polar surface area (TPSA) is 103 Å². The van der Waals surface area contributed by atoms with Gasteiger partial charge >= 0.3 is 5.95 Å². The zero-order valence-electron chi connectivity index (χ0n) is 11.9. The van der Waals surface area contributed by atoms with E-state index in [0.717, 1.165) is 11.8 Å². The van der Waals surface area contributed by atoms with Crippen LogP contribution in [0.4, 0.5) is 5.95 Å². The lowest BCUT2D eigenvalue weighted by Gasteiger charge is -2.28. The van der Waals surface area contributed by atoms with E-state index in [-0.39, 0.29) is 18.5 Å². The van der Waals surface area contributed by atoms with E-state index < -0.39 is 10.9 Å². The molecule has 8 nitrogen and oxygen atoms in total. The van der Waals surface area contributed by atoms with Crippen molar-refractivity contribution in [1.82, 2.24) is 20.1 Å². The summed E-state index contributed by atoms with van der Waals surface area (Å²) in [6.07, 6.45) is 6.34. The molecule has 2 bridgehead atoms. The molecule has 2 aliphatic rings. The van der Waals surface area contributed by atoms with Gasteiger partial charge < -0.3 is 15.4 Å². The molecule has 2 saturated carbocycles. The van der Waals surface area contributed by atoms with E-state index in [2.05, 4.69) is 15.4 Å². The fraction of sp³-hybridized carbons (Fsp3) is 0.769. The Morgan fingerprint density at radius 2 is 2.38 bits per heavy atom. The molecule has 0 saturated heterocycles. The molecule has 0 aromatic carbocycles. The first-order valence-corrected chi connectivity index (χ1v) is 7.36. The van der Waals surface area contributed by atoms with Gasteiger partial charge in [0.2, 0.25) is 12.2 Å². The number of carbonyl (C=O) groups excluding carboxylic acids is 1. The lowest BCUT2D eigenvalue weighted by molar-refractivity contribution is -0.394. The van der Waals surface area contributed by atoms with Gasteiger partial charge in [-0.05, 0) is 48.9 Å². The second-order valence-electron chi connectivity index (χ2n) is 6.19. The minimum atomic E-state index is -0.674. The van der Waals surface area contributed by atoms with Crippen LogP contribution < -0.4 is 5.32 Å². The third-order valence-electron chi connectivity index (χ3n) is 4.82. The second-order valence-corrected chi connectivity index (χ2v) is 6.19. The summed E-state index contributed by atoms with van der Waals surface area (Å²) in [6.45, 7) is 2.01. The van der Waals surface area contributed by atoms with Gasteiger partial charge in [0.05, 0.1) is 0 Å². The number of rotatable bonds is 5. The van der Waals surface area contributed by atoms with Crippen LogP contribution in [0.5, 0.6) is 0 Å². The van der Waals surface area contributed by atoms with Crippen LogP contribution in [0.2, 0.25) is 0 Å². The van der Waals surface area contributed by atoms with Gasteiger partial charge in [0.15, 0.2) is 0 Å². The summed E-state index contributed by atoms with van der Waals surface area (Å²) in [7, 11) is 0. The van der Waals surface area contributed by atoms with Crippen molar-refractivity contribution < 1.29 is 9.72 Å². The summed E-state index contributed by atoms with van der Waals surface area (Å²) in [5.74, 6) is 1.50. The number of carbonyl (C=O) groups is 1. The molecule has 1 N–H and O–H groups in total. The Bertz CT molecular complexity index is 558. The van der Waals surface area contributed by atoms with Crippen LogP contribution in [0.15, 0.2) is 6.33 Å². The van der Waals surface area contributed by atoms with Crippen molar-refractivity contribution in [3.05, 3.63) is 16.4 Å². The highest BCUT2D eigenvalue weighted by Gasteiger charge is 2.42. The summed E-state index contributed by atoms with van der Waals surface area (Å²) in [6, 6.07) is 0.145. The summed E-state index contributed by atoms with van der Waals surface area (Å²) < 4.78 is 1.20. The Morgan fingerprint density at radius 3 is 2.95 bits per heavy atom. The Morgan fingerprint density at radius 1 is 1.57 bits per heavy atom. The highest BCUT2D eigenvalue weighted by Crippen LogP contribution is 2.49. The van der Waals surface area contributed by atoms with Crippen molar-refractivity contribution in [2.24, 2.45) is 17.8 Å². The third-order valence-corrected chi connectivity index (χ3v) is 4.82. The van der Waals surface area contributed by atoms with E-state index >= 15 is 0 Å². The molecule has 2 aliphatic carbocycles. The predicted molar refractivity (Wildman–Crippen MR) is 73.2 cm³/mol. The fourth-order valence-electron chi connectivity index (χ4n) is 3.90. The molecule has 1 amide bonds. The van der Waals surface area contributed by atoms with Crippen LogP contribution in [-0.4, -0.2) is 31.6 Å². The lowest BCUT2D eigenvalue weighted by atomic mass is 9.84. The quantitative estimate of drug-likeness (QED) is 0.647. The van der Waals surface area contributed by atoms with Crippen molar-refractivity contribution in [3.8, 4) is 0 Å². The molecule has 1 aromatic heterocycles. The maximum Gasteiger partial charge on any atom is 0.490 e. The molecular weight excluding hydrogens is 274 g/mol. The van der Waals surface area contributed by atoms with E-state index in [1.807, 2.05) is 6.92 Å². The molecule has 0 radical (unpaired) electrons. The predicted octanol–water partition coefficient (Wildman–Crippen LogP) is 1.13. The number of nitrogens with zero attached hydrogens (tertiary/aromatic N) is 4. The van der Waals surface area contributed by atoms with Crippen molar-refractivity contribution >= 4 is 11.9 Å². The van der Waals surface area contributed by atoms with Gasteiger partial charge in [-0.2, -0.15) is 4.68 Å². The fourth-order valence-corrected chi connectivity index (χ4v) is 3.90. The minimum Gasteiger partial charge on any atom is -0.390 e. The molecule has 0 spiro atoms. The molecule has 21 heavy (non-hydrogen) atoms. The van der Waals surface area contributed by atoms with Gasteiger partial charge in [-0.15, -0.1) is 0 Å². The molecule has 0 unspecified atom stereocenters. The van der Waals surface area contributed by atoms with Gasteiger partial charge in [-0.25, -0.2) is 0 Å². The van der Waals surface area contributed by atoms with Crippen molar-refractivity contribution in [2.45, 2.75) is 45.2 Å². The Balaban J connectivity index is 1.52. The second kappa shape index (κ2) is 5.42. The number of nitro groups is 1. The van der Waals surface area contributed by atoms with E-state index in [4.69, 9.17) is 0 Å². The normalized spacial score (nSPS) is 28.5. The molecule has 2 fully saturated rings. The van der Waals surface area contributed by atoms with Crippen molar-refractivity contribution in [3.63, 3.8) is 0 Å². The number of aromatic nitrogens is 3. The van der Waals surface area contributed by atoms with Crippen LogP contribution in [0.3, 0.4) is 0 Å². The van der Waals surface area contributed by atoms with E-state index in [1.165, 1.54) is 36.7 Å². The highest BCUT2D eigenvalue weighted by atomic mass is 16.6. The molecule has 4 atom stereocenters. The average Bonchev–Trinajstić information content (AvgIpc) is 3.13. The van der Waals surface area contributed by atoms with E-state index in [0.29, 0.717) is 5.92 Å². The number of hydrogen-bond donors (Lipinski definition) is 1. The van der Waals surface area contributed by atoms with Crippen LogP contribution >= 0.6 is 0 Å². The Labute approximate surface area is 122 Å². The number of hydrogen-bond acceptors (Lipinski definition) is 5. The molecule has 8 heteroatoms. The SMILES string of the molecule is C[C@H](NC(=O)Cn1cnc([N+](=O)[O-])n1)[C@H]1C[C@H]2CC[C@H]1C2. The van der Waals surface area contributed by atoms with Crippen LogP contribution in [-0.2, 0) is 11.3 Å². The van der Waals surface area contributed by atoms with Gasteiger partial charge in [0.25, 0.3) is 0 Å². The van der Waals surface area contributed by atoms with Gasteiger partial charge in [-0.3, -0.25) is 4.79 Å². The first-order valence-electron chi connectivity index (χ1n) is 7.36. The summed E-state index contributed by atoms with van der Waals surface area (Å²) in [5, 5.41) is 17.1. The van der Waals surface area contributed by atoms with E-state index in [1.54, 1.807) is 0 Å². The summed E-state index contributed by atoms with van der Waals surface area (Å²) in [5.41, 5.74) is 0. The summed E-state index contributed by atoms with van der Waals surface area (Å²) >= 11 is 0. The van der Waals surface area contributed by atoms with Crippen LogP contribution in [0.25, 0.3) is 0 Å². The maximum atomic E-state index is 12.0. The smallest absolute Gasteiger partial charge is 0.390 e. The molecule has 1 aromatic rings. The zero-order valence-corrected chi connectivity index (χ0v) is 11.9. The number of nitrogens with one attached hydrogen (secondary N) is 1. The standard InChI is InChI=1S/C13H19N5O3/c1-8(11-5-9-2-3-10(11)4-9)15-12(19)6-17-7-14-13(16-17)18(20)21/h7-11H,2-6H2,1H3,(H,15,19)/t8-,9-,10-,11+/m0/s1. The maximum absolute atomic E-state index is 12.0. The van der Waals surface area contributed by atoms with Gasteiger partial charge in [-0.1, -0.05) is 11.4 Å². The van der Waals surface area contributed by atoms with Crippen LogP contribution in [0, 0.1) is 27.9 Å². The van der Waals surface area contributed by atoms with Crippen LogP contribution in [0.1, 0.15) is 32.6 Å². The molecule has 114 valence electrons. The van der Waals surface area contributed by atoms with Crippen molar-refractivity contribution in [2.75, 3.05) is 0 Å². The minimum absolute atomic E-state index is 0.0357. The molecular formula is C13H19N5O3. The third kappa shape index (κ3) is 2.88. The van der Waals surface area contributed by atoms with Crippen molar-refractivity contribution in [1.29, 1.82) is 0 Å². The first-order chi connectivity index (χ1) is 10.0. The largest absolute Gasteiger partial charge is 0.490 e. The first kappa shape index (κ1) is 14.0. The molecule has 1 heterocycles. The van der Waals surface area contributed by atoms with E-state index in [9.17, 15) is 14.9 Å². The van der Waals surface area contributed by atoms with Gasteiger partial charge in [0.1, 0.15) is 6.54 Å². The molecule has 0 aliphatic heterocycles. The lowest BCUT2D eigenvalue weighted by Crippen LogP contribution is -2.41. The molecule has 3 rings (SSSR count). The number of amides is 1. The monoisotopic (exact) mass is 293 g/mol. The zero-order chi connectivity index (χ0) is 15.0. The summed E-state index contributed by atoms with van der Waals surface area (Å²) in [4.78, 5) is 25.3. The number of fused-ring (bicyclic) bond motifs is 2. The Hall–Kier alpha value is -1.99. The average molecular weight is 293 g/mol.